The lowest BCUT2D eigenvalue weighted by atomic mass is 10.2. The Morgan fingerprint density at radius 3 is 2.69 bits per heavy atom. The van der Waals surface area contributed by atoms with E-state index in [1.807, 2.05) is 18.2 Å². The highest BCUT2D eigenvalue weighted by molar-refractivity contribution is 7.89. The number of sulfonamides is 1. The first-order valence-electron chi connectivity index (χ1n) is 7.85. The summed E-state index contributed by atoms with van der Waals surface area (Å²) in [5.41, 5.74) is 1.85. The van der Waals surface area contributed by atoms with Crippen LogP contribution in [0.15, 0.2) is 47.4 Å². The van der Waals surface area contributed by atoms with Crippen molar-refractivity contribution in [3.05, 3.63) is 53.1 Å². The number of hydrogen-bond donors (Lipinski definition) is 2. The summed E-state index contributed by atoms with van der Waals surface area (Å²) in [4.78, 5) is 4.73. The Bertz CT molecular complexity index is 988. The number of benzene rings is 2. The lowest BCUT2D eigenvalue weighted by molar-refractivity contribution is 0.204. The third-order valence-electron chi connectivity index (χ3n) is 3.63. The van der Waals surface area contributed by atoms with Gasteiger partial charge in [0.2, 0.25) is 10.0 Å². The molecule has 0 spiro atoms. The van der Waals surface area contributed by atoms with Crippen molar-refractivity contribution in [3.8, 4) is 0 Å². The van der Waals surface area contributed by atoms with Gasteiger partial charge >= 0.3 is 0 Å². The summed E-state index contributed by atoms with van der Waals surface area (Å²) in [6.07, 6.45) is 0. The van der Waals surface area contributed by atoms with Crippen LogP contribution in [0.1, 0.15) is 5.56 Å². The molecule has 2 aromatic carbocycles. The highest BCUT2D eigenvalue weighted by atomic mass is 35.5. The predicted octanol–water partition coefficient (Wildman–Crippen LogP) is 3.49. The first kappa shape index (κ1) is 19.1. The maximum absolute atomic E-state index is 12.1. The minimum atomic E-state index is -3.51. The van der Waals surface area contributed by atoms with Crippen molar-refractivity contribution < 1.29 is 13.2 Å². The molecule has 0 radical (unpaired) electrons. The maximum Gasteiger partial charge on any atom is 0.240 e. The second kappa shape index (κ2) is 8.32. The molecular weight excluding hydrogens is 394 g/mol. The molecule has 0 saturated carbocycles. The van der Waals surface area contributed by atoms with Crippen LogP contribution in [-0.2, 0) is 21.3 Å². The number of nitrogens with one attached hydrogen (secondary N) is 2. The molecule has 2 N–H and O–H groups in total. The zero-order chi connectivity index (χ0) is 18.6. The van der Waals surface area contributed by atoms with E-state index in [0.717, 1.165) is 20.9 Å². The Kier molecular flexibility index (Phi) is 6.10. The SMILES string of the molecule is COCCNS(=O)(=O)c1ccc(CNc2nc3ccc(Cl)cc3s2)cc1. The summed E-state index contributed by atoms with van der Waals surface area (Å²) in [6, 6.07) is 12.3. The largest absolute Gasteiger partial charge is 0.383 e. The number of methoxy groups -OCH3 is 1. The van der Waals surface area contributed by atoms with E-state index < -0.39 is 10.0 Å². The molecule has 6 nitrogen and oxygen atoms in total. The van der Waals surface area contributed by atoms with E-state index in [9.17, 15) is 8.42 Å². The zero-order valence-electron chi connectivity index (χ0n) is 14.0. The van der Waals surface area contributed by atoms with Crippen LogP contribution in [0, 0.1) is 0 Å². The monoisotopic (exact) mass is 411 g/mol. The minimum Gasteiger partial charge on any atom is -0.383 e. The van der Waals surface area contributed by atoms with Gasteiger partial charge in [-0.2, -0.15) is 0 Å². The first-order valence-corrected chi connectivity index (χ1v) is 10.5. The summed E-state index contributed by atoms with van der Waals surface area (Å²) in [5, 5.41) is 4.73. The maximum atomic E-state index is 12.1. The van der Waals surface area contributed by atoms with Crippen molar-refractivity contribution in [2.75, 3.05) is 25.6 Å². The molecule has 0 saturated heterocycles. The molecule has 1 aromatic heterocycles. The highest BCUT2D eigenvalue weighted by Crippen LogP contribution is 2.28. The second-order valence-electron chi connectivity index (χ2n) is 5.52. The van der Waals surface area contributed by atoms with Gasteiger partial charge in [-0.3, -0.25) is 0 Å². The second-order valence-corrected chi connectivity index (χ2v) is 8.75. The molecule has 3 rings (SSSR count). The number of hydrogen-bond acceptors (Lipinski definition) is 6. The van der Waals surface area contributed by atoms with E-state index in [0.29, 0.717) is 18.2 Å². The van der Waals surface area contributed by atoms with Gasteiger partial charge in [0.15, 0.2) is 5.13 Å². The molecule has 26 heavy (non-hydrogen) atoms. The van der Waals surface area contributed by atoms with Gasteiger partial charge in [0, 0.05) is 25.2 Å². The topological polar surface area (TPSA) is 80.3 Å². The van der Waals surface area contributed by atoms with Crippen LogP contribution in [0.2, 0.25) is 5.02 Å². The molecule has 0 unspecified atom stereocenters. The van der Waals surface area contributed by atoms with E-state index in [1.165, 1.54) is 18.4 Å². The number of aromatic nitrogens is 1. The van der Waals surface area contributed by atoms with Crippen molar-refractivity contribution in [1.82, 2.24) is 9.71 Å². The lowest BCUT2D eigenvalue weighted by Gasteiger charge is -2.07. The van der Waals surface area contributed by atoms with E-state index in [1.54, 1.807) is 24.3 Å². The van der Waals surface area contributed by atoms with Crippen molar-refractivity contribution in [3.63, 3.8) is 0 Å². The Labute approximate surface area is 161 Å². The molecule has 0 aliphatic rings. The van der Waals surface area contributed by atoms with Crippen LogP contribution in [0.3, 0.4) is 0 Å². The summed E-state index contributed by atoms with van der Waals surface area (Å²) < 4.78 is 32.6. The highest BCUT2D eigenvalue weighted by Gasteiger charge is 2.13. The van der Waals surface area contributed by atoms with E-state index in [-0.39, 0.29) is 11.4 Å². The Balaban J connectivity index is 1.63. The summed E-state index contributed by atoms with van der Waals surface area (Å²) in [5.74, 6) is 0. The number of rotatable bonds is 8. The Hall–Kier alpha value is -1.71. The van der Waals surface area contributed by atoms with Crippen LogP contribution >= 0.6 is 22.9 Å². The van der Waals surface area contributed by atoms with Gasteiger partial charge in [-0.05, 0) is 35.9 Å². The average Bonchev–Trinajstić information content (AvgIpc) is 3.02. The normalized spacial score (nSPS) is 11.8. The van der Waals surface area contributed by atoms with Crippen molar-refractivity contribution in [2.45, 2.75) is 11.4 Å². The molecule has 0 fully saturated rings. The van der Waals surface area contributed by atoms with Crippen LogP contribution in [-0.4, -0.2) is 33.7 Å². The molecule has 0 atom stereocenters. The van der Waals surface area contributed by atoms with Crippen molar-refractivity contribution >= 4 is 48.3 Å². The van der Waals surface area contributed by atoms with Gasteiger partial charge < -0.3 is 10.1 Å². The number of fused-ring (bicyclic) bond motifs is 1. The average molecular weight is 412 g/mol. The number of anilines is 1. The fourth-order valence-electron chi connectivity index (χ4n) is 2.30. The Morgan fingerprint density at radius 1 is 1.19 bits per heavy atom. The molecule has 3 aromatic rings. The zero-order valence-corrected chi connectivity index (χ0v) is 16.4. The van der Waals surface area contributed by atoms with Gasteiger partial charge in [-0.25, -0.2) is 18.1 Å². The van der Waals surface area contributed by atoms with Crippen molar-refractivity contribution in [1.29, 1.82) is 0 Å². The summed E-state index contributed by atoms with van der Waals surface area (Å²) in [7, 11) is -1.99. The molecular formula is C17H18ClN3O3S2. The van der Waals surface area contributed by atoms with Gasteiger partial charge in [0.05, 0.1) is 21.7 Å². The van der Waals surface area contributed by atoms with E-state index in [2.05, 4.69) is 15.0 Å². The Morgan fingerprint density at radius 2 is 1.96 bits per heavy atom. The molecule has 9 heteroatoms. The number of ether oxygens (including phenoxy) is 1. The fraction of sp³-hybridized carbons (Fsp3) is 0.235. The number of nitrogens with zero attached hydrogens (tertiary/aromatic N) is 1. The van der Waals surface area contributed by atoms with Crippen LogP contribution < -0.4 is 10.0 Å². The molecule has 0 amide bonds. The predicted molar refractivity (Wildman–Crippen MR) is 105 cm³/mol. The minimum absolute atomic E-state index is 0.229. The molecule has 138 valence electrons. The standard InChI is InChI=1S/C17H18ClN3O3S2/c1-24-9-8-20-26(22,23)14-5-2-12(3-6-14)11-19-17-21-15-7-4-13(18)10-16(15)25-17/h2-7,10,20H,8-9,11H2,1H3,(H,19,21). The molecule has 0 bridgehead atoms. The van der Waals surface area contributed by atoms with Crippen LogP contribution in [0.25, 0.3) is 10.2 Å². The quantitative estimate of drug-likeness (QED) is 0.554. The van der Waals surface area contributed by atoms with Crippen LogP contribution in [0.4, 0.5) is 5.13 Å². The summed E-state index contributed by atoms with van der Waals surface area (Å²) in [6.45, 7) is 1.11. The number of thiazole rings is 1. The summed E-state index contributed by atoms with van der Waals surface area (Å²) >= 11 is 7.51. The van der Waals surface area contributed by atoms with E-state index in [4.69, 9.17) is 16.3 Å². The van der Waals surface area contributed by atoms with Gasteiger partial charge in [0.25, 0.3) is 0 Å². The molecule has 0 aliphatic heterocycles. The first-order chi connectivity index (χ1) is 12.5. The molecule has 1 heterocycles. The third kappa shape index (κ3) is 4.72. The van der Waals surface area contributed by atoms with Gasteiger partial charge in [-0.15, -0.1) is 0 Å². The van der Waals surface area contributed by atoms with Crippen molar-refractivity contribution in [2.24, 2.45) is 0 Å². The van der Waals surface area contributed by atoms with Crippen LogP contribution in [0.5, 0.6) is 0 Å². The fourth-order valence-corrected chi connectivity index (χ4v) is 4.45. The smallest absolute Gasteiger partial charge is 0.240 e. The van der Waals surface area contributed by atoms with Gasteiger partial charge in [0.1, 0.15) is 0 Å². The lowest BCUT2D eigenvalue weighted by Crippen LogP contribution is -2.27. The van der Waals surface area contributed by atoms with E-state index >= 15 is 0 Å². The van der Waals surface area contributed by atoms with Gasteiger partial charge in [-0.1, -0.05) is 35.1 Å². The number of halogens is 1. The third-order valence-corrected chi connectivity index (χ3v) is 6.31. The molecule has 0 aliphatic carbocycles.